The molecule has 0 spiro atoms. The highest BCUT2D eigenvalue weighted by Crippen LogP contribution is 2.43. The van der Waals surface area contributed by atoms with Crippen LogP contribution in [0, 0.1) is 40.5 Å². The van der Waals surface area contributed by atoms with Crippen molar-refractivity contribution in [3.05, 3.63) is 64.7 Å². The third kappa shape index (κ3) is 3.60. The minimum absolute atomic E-state index is 0.576. The SMILES string of the molecule is O=[N+]([O-])c1cc(Oc2cc([N+](=O)[O-])c(O)c([N+](=O)[O-])c2)cc([N+](=O)[O-])c1O. The van der Waals surface area contributed by atoms with Gasteiger partial charge in [0.1, 0.15) is 11.5 Å². The number of nitrogens with zero attached hydrogens (tertiary/aromatic N) is 4. The number of hydrogen-bond donors (Lipinski definition) is 2. The zero-order valence-corrected chi connectivity index (χ0v) is 12.7. The van der Waals surface area contributed by atoms with Gasteiger partial charge in [-0.3, -0.25) is 40.5 Å². The lowest BCUT2D eigenvalue weighted by atomic mass is 10.2. The van der Waals surface area contributed by atoms with Crippen LogP contribution in [0.15, 0.2) is 24.3 Å². The number of rotatable bonds is 6. The Kier molecular flexibility index (Phi) is 4.69. The van der Waals surface area contributed by atoms with Crippen LogP contribution in [-0.4, -0.2) is 29.9 Å². The summed E-state index contributed by atoms with van der Waals surface area (Å²) < 4.78 is 5.01. The van der Waals surface area contributed by atoms with E-state index in [9.17, 15) is 50.7 Å². The minimum Gasteiger partial charge on any atom is -0.497 e. The van der Waals surface area contributed by atoms with Crippen molar-refractivity contribution >= 4 is 22.7 Å². The largest absolute Gasteiger partial charge is 0.497 e. The van der Waals surface area contributed by atoms with Crippen molar-refractivity contribution < 1.29 is 34.6 Å². The van der Waals surface area contributed by atoms with Crippen molar-refractivity contribution in [1.29, 1.82) is 0 Å². The fourth-order valence-corrected chi connectivity index (χ4v) is 1.97. The molecule has 2 N–H and O–H groups in total. The molecule has 0 aliphatic carbocycles. The minimum atomic E-state index is -1.25. The summed E-state index contributed by atoms with van der Waals surface area (Å²) in [6.45, 7) is 0. The Balaban J connectivity index is 2.63. The number of hydrogen-bond acceptors (Lipinski definition) is 11. The van der Waals surface area contributed by atoms with Crippen molar-refractivity contribution in [2.24, 2.45) is 0 Å². The maximum Gasteiger partial charge on any atom is 0.321 e. The number of ether oxygens (including phenoxy) is 1. The first kappa shape index (κ1) is 18.8. The summed E-state index contributed by atoms with van der Waals surface area (Å²) in [5.41, 5.74) is -4.38. The Morgan fingerprint density at radius 1 is 0.593 bits per heavy atom. The van der Waals surface area contributed by atoms with E-state index in [2.05, 4.69) is 0 Å². The van der Waals surface area contributed by atoms with E-state index >= 15 is 0 Å². The summed E-state index contributed by atoms with van der Waals surface area (Å²) in [7, 11) is 0. The first-order chi connectivity index (χ1) is 12.5. The maximum absolute atomic E-state index is 10.9. The van der Waals surface area contributed by atoms with Crippen molar-refractivity contribution in [2.75, 3.05) is 0 Å². The molecular formula is C12H6N4O11. The lowest BCUT2D eigenvalue weighted by Crippen LogP contribution is -1.98. The number of benzene rings is 2. The molecule has 0 amide bonds. The molecule has 0 radical (unpaired) electrons. The number of aromatic hydroxyl groups is 2. The van der Waals surface area contributed by atoms with E-state index in [0.29, 0.717) is 24.3 Å². The predicted molar refractivity (Wildman–Crippen MR) is 82.9 cm³/mol. The average Bonchev–Trinajstić information content (AvgIpc) is 2.56. The van der Waals surface area contributed by atoms with Gasteiger partial charge in [0.25, 0.3) is 11.5 Å². The van der Waals surface area contributed by atoms with Gasteiger partial charge in [0.05, 0.1) is 44.0 Å². The van der Waals surface area contributed by atoms with Crippen LogP contribution in [0.4, 0.5) is 22.7 Å². The molecule has 0 bridgehead atoms. The standard InChI is InChI=1S/C12H6N4O11/c17-11-7(13(19)20)1-5(2-8(11)14(21)22)27-6-3-9(15(23)24)12(18)10(4-6)16(25)26/h1-4,17-18H. The molecule has 0 aromatic heterocycles. The quantitative estimate of drug-likeness (QED) is 0.545. The van der Waals surface area contributed by atoms with Gasteiger partial charge in [-0.2, -0.15) is 0 Å². The molecule has 0 heterocycles. The van der Waals surface area contributed by atoms with Gasteiger partial charge in [-0.05, 0) is 0 Å². The number of phenols is 2. The smallest absolute Gasteiger partial charge is 0.321 e. The third-order valence-electron chi connectivity index (χ3n) is 3.11. The van der Waals surface area contributed by atoms with E-state index < -0.39 is 65.4 Å². The molecule has 0 atom stereocenters. The fraction of sp³-hybridized carbons (Fsp3) is 0. The molecule has 140 valence electrons. The van der Waals surface area contributed by atoms with Crippen LogP contribution in [0.1, 0.15) is 0 Å². The van der Waals surface area contributed by atoms with E-state index in [1.165, 1.54) is 0 Å². The molecule has 0 unspecified atom stereocenters. The van der Waals surface area contributed by atoms with Crippen LogP contribution in [0.3, 0.4) is 0 Å². The second kappa shape index (κ2) is 6.75. The van der Waals surface area contributed by atoms with Gasteiger partial charge >= 0.3 is 22.7 Å². The van der Waals surface area contributed by atoms with E-state index in [-0.39, 0.29) is 0 Å². The van der Waals surface area contributed by atoms with E-state index in [1.807, 2.05) is 0 Å². The highest BCUT2D eigenvalue weighted by molar-refractivity contribution is 5.65. The molecule has 0 aliphatic rings. The summed E-state index contributed by atoms with van der Waals surface area (Å²) in [5.74, 6) is -3.72. The monoisotopic (exact) mass is 382 g/mol. The zero-order chi connectivity index (χ0) is 20.5. The van der Waals surface area contributed by atoms with Gasteiger partial charge in [-0.1, -0.05) is 0 Å². The molecule has 2 rings (SSSR count). The second-order valence-electron chi connectivity index (χ2n) is 4.75. The Morgan fingerprint density at radius 3 is 1.00 bits per heavy atom. The Labute approximate surface area is 146 Å². The van der Waals surface area contributed by atoms with Crippen molar-refractivity contribution in [3.8, 4) is 23.0 Å². The molecule has 0 saturated carbocycles. The number of nitro groups is 4. The van der Waals surface area contributed by atoms with Crippen LogP contribution in [0.2, 0.25) is 0 Å². The predicted octanol–water partition coefficient (Wildman–Crippen LogP) is 2.52. The molecular weight excluding hydrogens is 376 g/mol. The van der Waals surface area contributed by atoms with Gasteiger partial charge in [-0.25, -0.2) is 0 Å². The molecule has 2 aromatic rings. The number of phenolic OH excluding ortho intramolecular Hbond substituents is 2. The average molecular weight is 382 g/mol. The lowest BCUT2D eigenvalue weighted by molar-refractivity contribution is -0.396. The molecule has 15 heteroatoms. The Morgan fingerprint density at radius 2 is 0.815 bits per heavy atom. The first-order valence-electron chi connectivity index (χ1n) is 6.52. The van der Waals surface area contributed by atoms with E-state index in [1.54, 1.807) is 0 Å². The molecule has 27 heavy (non-hydrogen) atoms. The van der Waals surface area contributed by atoms with Crippen LogP contribution in [-0.2, 0) is 0 Å². The van der Waals surface area contributed by atoms with E-state index in [0.717, 1.165) is 0 Å². The van der Waals surface area contributed by atoms with Gasteiger partial charge in [0.15, 0.2) is 0 Å². The van der Waals surface area contributed by atoms with Gasteiger partial charge in [0, 0.05) is 0 Å². The molecule has 0 saturated heterocycles. The van der Waals surface area contributed by atoms with Crippen molar-refractivity contribution in [1.82, 2.24) is 0 Å². The number of nitro benzene ring substituents is 4. The van der Waals surface area contributed by atoms with Crippen LogP contribution in [0.5, 0.6) is 23.0 Å². The second-order valence-corrected chi connectivity index (χ2v) is 4.75. The van der Waals surface area contributed by atoms with Crippen LogP contribution < -0.4 is 4.74 Å². The van der Waals surface area contributed by atoms with Gasteiger partial charge < -0.3 is 14.9 Å². The van der Waals surface area contributed by atoms with Crippen LogP contribution in [0.25, 0.3) is 0 Å². The van der Waals surface area contributed by atoms with Gasteiger partial charge in [0.2, 0.25) is 0 Å². The zero-order valence-electron chi connectivity index (χ0n) is 12.7. The fourth-order valence-electron chi connectivity index (χ4n) is 1.97. The topological polar surface area (TPSA) is 222 Å². The first-order valence-corrected chi connectivity index (χ1v) is 6.52. The highest BCUT2D eigenvalue weighted by Gasteiger charge is 2.30. The third-order valence-corrected chi connectivity index (χ3v) is 3.11. The highest BCUT2D eigenvalue weighted by atomic mass is 16.6. The maximum atomic E-state index is 10.9. The summed E-state index contributed by atoms with van der Waals surface area (Å²) >= 11 is 0. The van der Waals surface area contributed by atoms with Gasteiger partial charge in [-0.15, -0.1) is 0 Å². The van der Waals surface area contributed by atoms with Crippen molar-refractivity contribution in [3.63, 3.8) is 0 Å². The Bertz CT molecular complexity index is 853. The summed E-state index contributed by atoms with van der Waals surface area (Å²) in [6, 6.07) is 2.30. The van der Waals surface area contributed by atoms with Crippen LogP contribution >= 0.6 is 0 Å². The van der Waals surface area contributed by atoms with E-state index in [4.69, 9.17) is 4.74 Å². The molecule has 2 aromatic carbocycles. The molecule has 15 nitrogen and oxygen atoms in total. The molecule has 0 aliphatic heterocycles. The molecule has 0 fully saturated rings. The Hall–Kier alpha value is -4.56. The summed E-state index contributed by atoms with van der Waals surface area (Å²) in [5, 5.41) is 62.6. The summed E-state index contributed by atoms with van der Waals surface area (Å²) in [6.07, 6.45) is 0. The van der Waals surface area contributed by atoms with Crippen molar-refractivity contribution in [2.45, 2.75) is 0 Å². The summed E-state index contributed by atoms with van der Waals surface area (Å²) in [4.78, 5) is 39.0. The normalized spacial score (nSPS) is 10.2. The lowest BCUT2D eigenvalue weighted by Gasteiger charge is -2.07.